The molecule has 2 aromatic heterocycles. The van der Waals surface area contributed by atoms with Gasteiger partial charge in [0.15, 0.2) is 5.54 Å². The number of carboxylic acid groups (broad SMARTS) is 1. The number of nitrogens with one attached hydrogen (secondary N) is 1. The van der Waals surface area contributed by atoms with Crippen molar-refractivity contribution < 1.29 is 14.6 Å². The molecule has 3 heterocycles. The number of carboxylic acids is 1. The Morgan fingerprint density at radius 2 is 2.44 bits per heavy atom. The van der Waals surface area contributed by atoms with Crippen LogP contribution in [0.25, 0.3) is 10.2 Å². The van der Waals surface area contributed by atoms with Gasteiger partial charge in [0.05, 0.1) is 16.8 Å². The predicted octanol–water partition coefficient (Wildman–Crippen LogP) is 1.35. The molecule has 2 aromatic rings. The first kappa shape index (κ1) is 11.4. The van der Waals surface area contributed by atoms with E-state index in [9.17, 15) is 9.90 Å². The third-order valence-corrected chi connectivity index (χ3v) is 3.94. The number of thiophene rings is 1. The highest BCUT2D eigenvalue weighted by Gasteiger charge is 2.43. The first-order valence-corrected chi connectivity index (χ1v) is 6.37. The molecule has 7 heteroatoms. The Morgan fingerprint density at radius 1 is 1.56 bits per heavy atom. The van der Waals surface area contributed by atoms with Gasteiger partial charge in [-0.15, -0.1) is 11.3 Å². The van der Waals surface area contributed by atoms with Gasteiger partial charge in [-0.1, -0.05) is 0 Å². The highest BCUT2D eigenvalue weighted by Crippen LogP contribution is 2.30. The molecular weight excluding hydrogens is 254 g/mol. The van der Waals surface area contributed by atoms with Crippen molar-refractivity contribution in [2.75, 3.05) is 18.5 Å². The summed E-state index contributed by atoms with van der Waals surface area (Å²) < 4.78 is 6.07. The van der Waals surface area contributed by atoms with E-state index in [1.807, 2.05) is 11.4 Å². The normalized spacial score (nSPS) is 23.3. The molecule has 1 saturated heterocycles. The van der Waals surface area contributed by atoms with E-state index in [0.29, 0.717) is 18.8 Å². The van der Waals surface area contributed by atoms with Gasteiger partial charge in [0.25, 0.3) is 0 Å². The number of aromatic nitrogens is 2. The minimum absolute atomic E-state index is 0.152. The van der Waals surface area contributed by atoms with Crippen LogP contribution in [0.3, 0.4) is 0 Å². The largest absolute Gasteiger partial charge is 0.479 e. The maximum absolute atomic E-state index is 11.4. The van der Waals surface area contributed by atoms with Crippen LogP contribution in [-0.4, -0.2) is 39.8 Å². The molecule has 6 nitrogen and oxygen atoms in total. The Labute approximate surface area is 107 Å². The molecule has 1 atom stereocenters. The molecular formula is C11H11N3O3S. The van der Waals surface area contributed by atoms with Crippen molar-refractivity contribution in [3.8, 4) is 0 Å². The summed E-state index contributed by atoms with van der Waals surface area (Å²) in [5.41, 5.74) is -0.261. The zero-order chi connectivity index (χ0) is 12.6. The van der Waals surface area contributed by atoms with Crippen LogP contribution in [0.4, 0.5) is 5.82 Å². The van der Waals surface area contributed by atoms with Crippen molar-refractivity contribution in [3.63, 3.8) is 0 Å². The molecule has 1 aliphatic rings. The van der Waals surface area contributed by atoms with Crippen LogP contribution in [0.2, 0.25) is 0 Å². The Bertz CT molecular complexity index is 592. The number of nitrogens with zero attached hydrogens (tertiary/aromatic N) is 2. The molecule has 2 N–H and O–H groups in total. The van der Waals surface area contributed by atoms with Gasteiger partial charge >= 0.3 is 5.97 Å². The molecule has 0 spiro atoms. The van der Waals surface area contributed by atoms with Gasteiger partial charge in [-0.3, -0.25) is 0 Å². The number of hydrogen-bond donors (Lipinski definition) is 2. The SMILES string of the molecule is O=C(O)C1(Nc2ncnc3ccsc23)CCOC1. The zero-order valence-corrected chi connectivity index (χ0v) is 10.2. The average Bonchev–Trinajstić information content (AvgIpc) is 2.98. The molecule has 0 radical (unpaired) electrons. The van der Waals surface area contributed by atoms with E-state index in [2.05, 4.69) is 15.3 Å². The summed E-state index contributed by atoms with van der Waals surface area (Å²) in [6.45, 7) is 0.594. The van der Waals surface area contributed by atoms with Gasteiger partial charge in [-0.25, -0.2) is 14.8 Å². The second kappa shape index (κ2) is 4.18. The molecule has 0 saturated carbocycles. The van der Waals surface area contributed by atoms with Crippen LogP contribution < -0.4 is 5.32 Å². The molecule has 1 unspecified atom stereocenters. The second-order valence-corrected chi connectivity index (χ2v) is 5.09. The molecule has 0 bridgehead atoms. The smallest absolute Gasteiger partial charge is 0.331 e. The lowest BCUT2D eigenvalue weighted by Gasteiger charge is -2.24. The Balaban J connectivity index is 2.00. The Hall–Kier alpha value is -1.73. The number of carbonyl (C=O) groups is 1. The van der Waals surface area contributed by atoms with Gasteiger partial charge in [0.2, 0.25) is 0 Å². The lowest BCUT2D eigenvalue weighted by atomic mass is 9.99. The summed E-state index contributed by atoms with van der Waals surface area (Å²) in [5.74, 6) is -0.355. The molecule has 0 amide bonds. The van der Waals surface area contributed by atoms with E-state index in [-0.39, 0.29) is 6.61 Å². The van der Waals surface area contributed by atoms with Crippen LogP contribution in [0.5, 0.6) is 0 Å². The number of aliphatic carboxylic acids is 1. The van der Waals surface area contributed by atoms with Crippen LogP contribution in [0.1, 0.15) is 6.42 Å². The van der Waals surface area contributed by atoms with Crippen molar-refractivity contribution in [1.82, 2.24) is 9.97 Å². The fourth-order valence-electron chi connectivity index (χ4n) is 1.99. The van der Waals surface area contributed by atoms with Gasteiger partial charge in [-0.05, 0) is 11.4 Å². The number of rotatable bonds is 3. The van der Waals surface area contributed by atoms with Gasteiger partial charge in [0.1, 0.15) is 12.1 Å². The summed E-state index contributed by atoms with van der Waals surface area (Å²) in [6, 6.07) is 1.88. The van der Waals surface area contributed by atoms with Crippen LogP contribution >= 0.6 is 11.3 Å². The minimum atomic E-state index is -1.08. The molecule has 94 valence electrons. The van der Waals surface area contributed by atoms with E-state index in [1.165, 1.54) is 17.7 Å². The summed E-state index contributed by atoms with van der Waals surface area (Å²) in [4.78, 5) is 19.7. The lowest BCUT2D eigenvalue weighted by Crippen LogP contribution is -2.47. The Kier molecular flexibility index (Phi) is 2.64. The van der Waals surface area contributed by atoms with E-state index in [1.54, 1.807) is 0 Å². The third kappa shape index (κ3) is 1.72. The average molecular weight is 265 g/mol. The van der Waals surface area contributed by atoms with Crippen LogP contribution in [0.15, 0.2) is 17.8 Å². The van der Waals surface area contributed by atoms with Crippen molar-refractivity contribution in [1.29, 1.82) is 0 Å². The predicted molar refractivity (Wildman–Crippen MR) is 66.8 cm³/mol. The number of anilines is 1. The third-order valence-electron chi connectivity index (χ3n) is 3.03. The fraction of sp³-hybridized carbons (Fsp3) is 0.364. The van der Waals surface area contributed by atoms with Crippen molar-refractivity contribution in [3.05, 3.63) is 17.8 Å². The Morgan fingerprint density at radius 3 is 3.17 bits per heavy atom. The number of ether oxygens (including phenoxy) is 1. The van der Waals surface area contributed by atoms with Crippen LogP contribution in [-0.2, 0) is 9.53 Å². The van der Waals surface area contributed by atoms with Gasteiger partial charge < -0.3 is 15.2 Å². The number of hydrogen-bond acceptors (Lipinski definition) is 6. The molecule has 1 aliphatic heterocycles. The summed E-state index contributed by atoms with van der Waals surface area (Å²) in [6.07, 6.45) is 1.86. The first-order valence-electron chi connectivity index (χ1n) is 5.49. The molecule has 0 aliphatic carbocycles. The van der Waals surface area contributed by atoms with Crippen molar-refractivity contribution >= 4 is 33.3 Å². The minimum Gasteiger partial charge on any atom is -0.479 e. The maximum Gasteiger partial charge on any atom is 0.331 e. The second-order valence-electron chi connectivity index (χ2n) is 4.17. The van der Waals surface area contributed by atoms with Crippen molar-refractivity contribution in [2.24, 2.45) is 0 Å². The summed E-state index contributed by atoms with van der Waals surface area (Å²) in [5, 5.41) is 14.3. The molecule has 3 rings (SSSR count). The topological polar surface area (TPSA) is 84.3 Å². The van der Waals surface area contributed by atoms with Crippen LogP contribution in [0, 0.1) is 0 Å². The van der Waals surface area contributed by atoms with Gasteiger partial charge in [0, 0.05) is 13.0 Å². The summed E-state index contributed by atoms with van der Waals surface area (Å²) >= 11 is 1.49. The van der Waals surface area contributed by atoms with E-state index < -0.39 is 11.5 Å². The van der Waals surface area contributed by atoms with E-state index >= 15 is 0 Å². The maximum atomic E-state index is 11.4. The molecule has 0 aromatic carbocycles. The summed E-state index contributed by atoms with van der Waals surface area (Å²) in [7, 11) is 0. The van der Waals surface area contributed by atoms with Gasteiger partial charge in [-0.2, -0.15) is 0 Å². The standard InChI is InChI=1S/C11H11N3O3S/c15-10(16)11(2-3-17-5-11)14-9-8-7(1-4-18-8)12-6-13-9/h1,4,6H,2-3,5H2,(H,15,16)(H,12,13,14). The highest BCUT2D eigenvalue weighted by molar-refractivity contribution is 7.17. The van der Waals surface area contributed by atoms with E-state index in [4.69, 9.17) is 4.74 Å². The first-order chi connectivity index (χ1) is 8.71. The highest BCUT2D eigenvalue weighted by atomic mass is 32.1. The quantitative estimate of drug-likeness (QED) is 0.871. The van der Waals surface area contributed by atoms with Crippen molar-refractivity contribution in [2.45, 2.75) is 12.0 Å². The molecule has 18 heavy (non-hydrogen) atoms. The number of fused-ring (bicyclic) bond motifs is 1. The van der Waals surface area contributed by atoms with E-state index in [0.717, 1.165) is 10.2 Å². The monoisotopic (exact) mass is 265 g/mol. The lowest BCUT2D eigenvalue weighted by molar-refractivity contribution is -0.142. The fourth-order valence-corrected chi connectivity index (χ4v) is 2.78. The molecule has 1 fully saturated rings. The zero-order valence-electron chi connectivity index (χ0n) is 9.42.